The fraction of sp³-hybridized carbons (Fsp3) is 0.200. The highest BCUT2D eigenvalue weighted by molar-refractivity contribution is 8.01. The summed E-state index contributed by atoms with van der Waals surface area (Å²) in [6.07, 6.45) is 1.76. The number of nitrogens with one attached hydrogen (secondary N) is 2. The minimum absolute atomic E-state index is 0.0347. The molecule has 2 aromatic heterocycles. The van der Waals surface area contributed by atoms with Gasteiger partial charge in [-0.2, -0.15) is 0 Å². The topological polar surface area (TPSA) is 83.6 Å². The molecule has 0 amide bonds. The van der Waals surface area contributed by atoms with Crippen LogP contribution in [0, 0.1) is 0 Å². The van der Waals surface area contributed by atoms with Crippen LogP contribution in [0.5, 0.6) is 0 Å². The fourth-order valence-corrected chi connectivity index (χ4v) is 3.95. The standard InChI is InChI=1S/C15H15N5OS2/c1-3-8-16-14-19-20-15(23-14)22-9(2)12-17-11-7-5-4-6-10(11)13(21)18-12/h3-7,9H,1,8H2,2H3,(H,16,19)(H,17,18,21)/t9-/m1/s1. The number of hydrogen-bond acceptors (Lipinski definition) is 7. The van der Waals surface area contributed by atoms with Crippen molar-refractivity contribution in [3.63, 3.8) is 0 Å². The maximum atomic E-state index is 12.1. The Balaban J connectivity index is 1.80. The maximum Gasteiger partial charge on any atom is 0.258 e. The van der Waals surface area contributed by atoms with Crippen LogP contribution in [0.15, 0.2) is 46.1 Å². The molecule has 1 aromatic carbocycles. The van der Waals surface area contributed by atoms with E-state index in [0.717, 1.165) is 9.47 Å². The second-order valence-electron chi connectivity index (χ2n) is 4.77. The van der Waals surface area contributed by atoms with E-state index >= 15 is 0 Å². The quantitative estimate of drug-likeness (QED) is 0.527. The van der Waals surface area contributed by atoms with Crippen molar-refractivity contribution in [2.24, 2.45) is 0 Å². The summed E-state index contributed by atoms with van der Waals surface area (Å²) in [4.78, 5) is 19.5. The summed E-state index contributed by atoms with van der Waals surface area (Å²) in [5, 5.41) is 12.6. The van der Waals surface area contributed by atoms with Crippen LogP contribution >= 0.6 is 23.1 Å². The Hall–Kier alpha value is -2.19. The number of nitrogens with zero attached hydrogens (tertiary/aromatic N) is 3. The van der Waals surface area contributed by atoms with Gasteiger partial charge in [0.1, 0.15) is 5.82 Å². The van der Waals surface area contributed by atoms with Gasteiger partial charge in [0.05, 0.1) is 16.2 Å². The van der Waals surface area contributed by atoms with Gasteiger partial charge in [0.15, 0.2) is 4.34 Å². The molecule has 3 rings (SSSR count). The van der Waals surface area contributed by atoms with Gasteiger partial charge in [-0.25, -0.2) is 4.98 Å². The van der Waals surface area contributed by atoms with Gasteiger partial charge < -0.3 is 10.3 Å². The minimum atomic E-state index is -0.122. The van der Waals surface area contributed by atoms with Crippen LogP contribution in [0.25, 0.3) is 10.9 Å². The summed E-state index contributed by atoms with van der Waals surface area (Å²) in [6.45, 7) is 6.28. The first-order chi connectivity index (χ1) is 11.2. The SMILES string of the molecule is C=CCNc1nnc(S[C@H](C)c2nc3ccccc3c(=O)[nH]2)s1. The smallest absolute Gasteiger partial charge is 0.258 e. The predicted octanol–water partition coefficient (Wildman–Crippen LogP) is 3.23. The van der Waals surface area contributed by atoms with Gasteiger partial charge in [-0.15, -0.1) is 16.8 Å². The molecule has 0 aliphatic rings. The second kappa shape index (κ2) is 6.93. The summed E-state index contributed by atoms with van der Waals surface area (Å²) in [5.74, 6) is 0.634. The highest BCUT2D eigenvalue weighted by Gasteiger charge is 2.15. The van der Waals surface area contributed by atoms with Crippen molar-refractivity contribution >= 4 is 39.1 Å². The lowest BCUT2D eigenvalue weighted by Crippen LogP contribution is -2.12. The Morgan fingerprint density at radius 2 is 2.26 bits per heavy atom. The lowest BCUT2D eigenvalue weighted by atomic mass is 10.2. The van der Waals surface area contributed by atoms with Gasteiger partial charge in [-0.1, -0.05) is 41.3 Å². The highest BCUT2D eigenvalue weighted by atomic mass is 32.2. The zero-order chi connectivity index (χ0) is 16.2. The molecule has 1 atom stereocenters. The third-order valence-corrected chi connectivity index (χ3v) is 5.17. The molecule has 23 heavy (non-hydrogen) atoms. The van der Waals surface area contributed by atoms with Crippen LogP contribution in [0.3, 0.4) is 0 Å². The van der Waals surface area contributed by atoms with Gasteiger partial charge in [-0.3, -0.25) is 4.79 Å². The molecule has 2 N–H and O–H groups in total. The molecule has 0 spiro atoms. The van der Waals surface area contributed by atoms with E-state index in [1.165, 1.54) is 23.1 Å². The number of hydrogen-bond donors (Lipinski definition) is 2. The predicted molar refractivity (Wildman–Crippen MR) is 95.2 cm³/mol. The summed E-state index contributed by atoms with van der Waals surface area (Å²) >= 11 is 2.98. The van der Waals surface area contributed by atoms with Crippen LogP contribution in [0.4, 0.5) is 5.13 Å². The number of rotatable bonds is 6. The number of aromatic amines is 1. The van der Waals surface area contributed by atoms with E-state index in [4.69, 9.17) is 0 Å². The number of aromatic nitrogens is 4. The van der Waals surface area contributed by atoms with Crippen molar-refractivity contribution in [2.75, 3.05) is 11.9 Å². The molecule has 8 heteroatoms. The number of anilines is 1. The number of para-hydroxylation sites is 1. The van der Waals surface area contributed by atoms with E-state index in [2.05, 4.69) is 32.1 Å². The molecule has 3 aromatic rings. The van der Waals surface area contributed by atoms with Crippen molar-refractivity contribution < 1.29 is 0 Å². The average Bonchev–Trinajstić information content (AvgIpc) is 3.00. The van der Waals surface area contributed by atoms with E-state index in [0.29, 0.717) is 23.3 Å². The molecule has 0 radical (unpaired) electrons. The first kappa shape index (κ1) is 15.7. The van der Waals surface area contributed by atoms with E-state index in [1.807, 2.05) is 25.1 Å². The molecule has 0 unspecified atom stereocenters. The molecular formula is C15H15N5OS2. The van der Waals surface area contributed by atoms with E-state index in [9.17, 15) is 4.79 Å². The normalized spacial score (nSPS) is 12.2. The molecule has 0 saturated heterocycles. The van der Waals surface area contributed by atoms with Gasteiger partial charge >= 0.3 is 0 Å². The Bertz CT molecular complexity index is 889. The van der Waals surface area contributed by atoms with Crippen molar-refractivity contribution in [3.8, 4) is 0 Å². The summed E-state index contributed by atoms with van der Waals surface area (Å²) in [6, 6.07) is 7.31. The van der Waals surface area contributed by atoms with Gasteiger partial charge in [0.2, 0.25) is 5.13 Å². The third kappa shape index (κ3) is 3.59. The maximum absolute atomic E-state index is 12.1. The van der Waals surface area contributed by atoms with Crippen molar-refractivity contribution in [1.29, 1.82) is 0 Å². The highest BCUT2D eigenvalue weighted by Crippen LogP contribution is 2.35. The zero-order valence-corrected chi connectivity index (χ0v) is 14.1. The van der Waals surface area contributed by atoms with E-state index < -0.39 is 0 Å². The number of thioether (sulfide) groups is 1. The summed E-state index contributed by atoms with van der Waals surface area (Å²) in [5.41, 5.74) is 0.577. The lowest BCUT2D eigenvalue weighted by Gasteiger charge is -2.08. The van der Waals surface area contributed by atoms with Crippen LogP contribution in [-0.4, -0.2) is 26.7 Å². The average molecular weight is 345 g/mol. The molecule has 118 valence electrons. The largest absolute Gasteiger partial charge is 0.357 e. The Labute approximate surface area is 141 Å². The van der Waals surface area contributed by atoms with Crippen molar-refractivity contribution in [3.05, 3.63) is 53.1 Å². The molecule has 0 bridgehead atoms. The van der Waals surface area contributed by atoms with E-state index in [1.54, 1.807) is 12.1 Å². The summed E-state index contributed by atoms with van der Waals surface area (Å²) < 4.78 is 0.819. The molecule has 0 aliphatic carbocycles. The number of fused-ring (bicyclic) bond motifs is 1. The second-order valence-corrected chi connectivity index (χ2v) is 7.34. The molecule has 6 nitrogen and oxygen atoms in total. The van der Waals surface area contributed by atoms with Crippen LogP contribution in [-0.2, 0) is 0 Å². The Morgan fingerprint density at radius 3 is 3.09 bits per heavy atom. The zero-order valence-electron chi connectivity index (χ0n) is 12.4. The van der Waals surface area contributed by atoms with Gasteiger partial charge in [0, 0.05) is 6.54 Å². The monoisotopic (exact) mass is 345 g/mol. The third-order valence-electron chi connectivity index (χ3n) is 3.10. The van der Waals surface area contributed by atoms with Gasteiger partial charge in [-0.05, 0) is 19.1 Å². The fourth-order valence-electron chi connectivity index (χ4n) is 1.99. The Kier molecular flexibility index (Phi) is 4.73. The first-order valence-electron chi connectivity index (χ1n) is 7.01. The van der Waals surface area contributed by atoms with Gasteiger partial charge in [0.25, 0.3) is 5.56 Å². The molecule has 2 heterocycles. The molecule has 0 aliphatic heterocycles. The van der Waals surface area contributed by atoms with Crippen LogP contribution in [0.1, 0.15) is 18.0 Å². The number of H-pyrrole nitrogens is 1. The molecular weight excluding hydrogens is 330 g/mol. The van der Waals surface area contributed by atoms with Crippen molar-refractivity contribution in [2.45, 2.75) is 16.5 Å². The minimum Gasteiger partial charge on any atom is -0.357 e. The lowest BCUT2D eigenvalue weighted by molar-refractivity contribution is 0.916. The van der Waals surface area contributed by atoms with Crippen LogP contribution in [0.2, 0.25) is 0 Å². The van der Waals surface area contributed by atoms with E-state index in [-0.39, 0.29) is 10.8 Å². The van der Waals surface area contributed by atoms with Crippen molar-refractivity contribution in [1.82, 2.24) is 20.2 Å². The summed E-state index contributed by atoms with van der Waals surface area (Å²) in [7, 11) is 0. The molecule has 0 saturated carbocycles. The Morgan fingerprint density at radius 1 is 1.43 bits per heavy atom. The van der Waals surface area contributed by atoms with Crippen LogP contribution < -0.4 is 10.9 Å². The molecule has 0 fully saturated rings. The number of benzene rings is 1. The first-order valence-corrected chi connectivity index (χ1v) is 8.71.